The van der Waals surface area contributed by atoms with Crippen molar-refractivity contribution < 1.29 is 0 Å². The smallest absolute Gasteiger partial charge is 0.0642 e. The summed E-state index contributed by atoms with van der Waals surface area (Å²) >= 11 is 18.2. The minimum absolute atomic E-state index is 0.466. The molecule has 0 fully saturated rings. The summed E-state index contributed by atoms with van der Waals surface area (Å²) in [5.74, 6) is 0.466. The van der Waals surface area contributed by atoms with Gasteiger partial charge in [0.1, 0.15) is 0 Å². The summed E-state index contributed by atoms with van der Waals surface area (Å²) in [5, 5.41) is 1.47. The maximum atomic E-state index is 6.28. The van der Waals surface area contributed by atoms with Crippen LogP contribution in [0.2, 0.25) is 10.0 Å². The summed E-state index contributed by atoms with van der Waals surface area (Å²) in [6.07, 6.45) is 0. The first-order valence-corrected chi connectivity index (χ1v) is 7.20. The second-order valence-corrected chi connectivity index (χ2v) is 5.45. The molecule has 1 nitrogen and oxygen atoms in total. The van der Waals surface area contributed by atoms with Crippen molar-refractivity contribution in [2.24, 2.45) is 0 Å². The standard InChI is InChI=1S/C15H14Cl3N/c1-19(10-12-4-2-3-5-13(12)17)15-7-6-11(9-16)8-14(15)18/h2-8H,9-10H2,1H3. The first kappa shape index (κ1) is 14.5. The van der Waals surface area contributed by atoms with Crippen molar-refractivity contribution in [1.82, 2.24) is 0 Å². The summed E-state index contributed by atoms with van der Waals surface area (Å²) in [4.78, 5) is 2.07. The Kier molecular flexibility index (Phi) is 4.98. The average Bonchev–Trinajstić information content (AvgIpc) is 2.41. The van der Waals surface area contributed by atoms with E-state index in [1.165, 1.54) is 0 Å². The van der Waals surface area contributed by atoms with Crippen molar-refractivity contribution in [2.45, 2.75) is 12.4 Å². The first-order chi connectivity index (χ1) is 9.11. The van der Waals surface area contributed by atoms with Gasteiger partial charge in [0.25, 0.3) is 0 Å². The van der Waals surface area contributed by atoms with E-state index in [1.807, 2.05) is 49.5 Å². The SMILES string of the molecule is CN(Cc1ccccc1Cl)c1ccc(CCl)cc1Cl. The number of hydrogen-bond acceptors (Lipinski definition) is 1. The van der Waals surface area contributed by atoms with Crippen LogP contribution in [0.25, 0.3) is 0 Å². The fourth-order valence-electron chi connectivity index (χ4n) is 1.91. The molecule has 2 aromatic rings. The predicted octanol–water partition coefficient (Wildman–Crippen LogP) is 5.37. The molecule has 19 heavy (non-hydrogen) atoms. The molecule has 0 heterocycles. The van der Waals surface area contributed by atoms with Crippen LogP contribution in [0.5, 0.6) is 0 Å². The molecule has 2 aromatic carbocycles. The zero-order chi connectivity index (χ0) is 13.8. The fraction of sp³-hybridized carbons (Fsp3) is 0.200. The van der Waals surface area contributed by atoms with Gasteiger partial charge in [-0.15, -0.1) is 11.6 Å². The van der Waals surface area contributed by atoms with E-state index < -0.39 is 0 Å². The van der Waals surface area contributed by atoms with Gasteiger partial charge in [-0.25, -0.2) is 0 Å². The third-order valence-electron chi connectivity index (χ3n) is 2.94. The van der Waals surface area contributed by atoms with Gasteiger partial charge in [-0.1, -0.05) is 47.5 Å². The summed E-state index contributed by atoms with van der Waals surface area (Å²) in [6.45, 7) is 0.708. The third-order valence-corrected chi connectivity index (χ3v) is 3.92. The second kappa shape index (κ2) is 6.51. The minimum atomic E-state index is 0.466. The van der Waals surface area contributed by atoms with E-state index in [9.17, 15) is 0 Å². The van der Waals surface area contributed by atoms with E-state index in [0.717, 1.165) is 21.8 Å². The van der Waals surface area contributed by atoms with Crippen LogP contribution >= 0.6 is 34.8 Å². The fourth-order valence-corrected chi connectivity index (χ4v) is 2.62. The molecule has 0 spiro atoms. The van der Waals surface area contributed by atoms with Crippen LogP contribution in [0.1, 0.15) is 11.1 Å². The van der Waals surface area contributed by atoms with Gasteiger partial charge in [0.2, 0.25) is 0 Å². The molecule has 0 N–H and O–H groups in total. The van der Waals surface area contributed by atoms with Gasteiger partial charge in [-0.3, -0.25) is 0 Å². The lowest BCUT2D eigenvalue weighted by molar-refractivity contribution is 0.923. The van der Waals surface area contributed by atoms with Gasteiger partial charge in [-0.2, -0.15) is 0 Å². The summed E-state index contributed by atoms with van der Waals surface area (Å²) in [6, 6.07) is 13.7. The monoisotopic (exact) mass is 313 g/mol. The first-order valence-electron chi connectivity index (χ1n) is 5.90. The lowest BCUT2D eigenvalue weighted by Crippen LogP contribution is -2.17. The molecule has 0 bridgehead atoms. The highest BCUT2D eigenvalue weighted by Crippen LogP contribution is 2.28. The van der Waals surface area contributed by atoms with Gasteiger partial charge < -0.3 is 4.90 Å². The average molecular weight is 315 g/mol. The maximum absolute atomic E-state index is 6.28. The van der Waals surface area contributed by atoms with Crippen molar-refractivity contribution in [3.05, 3.63) is 63.6 Å². The van der Waals surface area contributed by atoms with Crippen LogP contribution in [-0.2, 0) is 12.4 Å². The number of alkyl halides is 1. The van der Waals surface area contributed by atoms with Crippen LogP contribution in [0, 0.1) is 0 Å². The van der Waals surface area contributed by atoms with Crippen LogP contribution in [0.15, 0.2) is 42.5 Å². The minimum Gasteiger partial charge on any atom is -0.369 e. The van der Waals surface area contributed by atoms with E-state index in [4.69, 9.17) is 34.8 Å². The molecular weight excluding hydrogens is 301 g/mol. The molecule has 0 amide bonds. The number of nitrogens with zero attached hydrogens (tertiary/aromatic N) is 1. The summed E-state index contributed by atoms with van der Waals surface area (Å²) in [5.41, 5.74) is 3.06. The molecule has 100 valence electrons. The Bertz CT molecular complexity index is 569. The van der Waals surface area contributed by atoms with E-state index >= 15 is 0 Å². The molecule has 0 saturated carbocycles. The topological polar surface area (TPSA) is 3.24 Å². The van der Waals surface area contributed by atoms with E-state index in [-0.39, 0.29) is 0 Å². The lowest BCUT2D eigenvalue weighted by Gasteiger charge is -2.21. The van der Waals surface area contributed by atoms with Gasteiger partial charge in [0, 0.05) is 24.5 Å². The Morgan fingerprint density at radius 2 is 1.74 bits per heavy atom. The molecule has 0 saturated heterocycles. The molecule has 0 aliphatic carbocycles. The second-order valence-electron chi connectivity index (χ2n) is 4.37. The molecule has 4 heteroatoms. The molecule has 0 radical (unpaired) electrons. The van der Waals surface area contributed by atoms with E-state index in [1.54, 1.807) is 0 Å². The lowest BCUT2D eigenvalue weighted by atomic mass is 10.2. The largest absolute Gasteiger partial charge is 0.369 e. The van der Waals surface area contributed by atoms with Crippen molar-refractivity contribution in [1.29, 1.82) is 0 Å². The molecule has 2 rings (SSSR count). The molecule has 0 aliphatic heterocycles. The Hall–Kier alpha value is -0.890. The number of rotatable bonds is 4. The highest BCUT2D eigenvalue weighted by Gasteiger charge is 2.09. The molecule has 0 aliphatic rings. The number of hydrogen-bond donors (Lipinski definition) is 0. The quantitative estimate of drug-likeness (QED) is 0.686. The highest BCUT2D eigenvalue weighted by molar-refractivity contribution is 6.33. The number of benzene rings is 2. The van der Waals surface area contributed by atoms with E-state index in [0.29, 0.717) is 17.4 Å². The Balaban J connectivity index is 2.21. The highest BCUT2D eigenvalue weighted by atomic mass is 35.5. The zero-order valence-corrected chi connectivity index (χ0v) is 12.8. The van der Waals surface area contributed by atoms with Gasteiger partial charge in [0.05, 0.1) is 10.7 Å². The Morgan fingerprint density at radius 1 is 1.00 bits per heavy atom. The van der Waals surface area contributed by atoms with Crippen LogP contribution in [0.4, 0.5) is 5.69 Å². The maximum Gasteiger partial charge on any atom is 0.0642 e. The Morgan fingerprint density at radius 3 is 2.37 bits per heavy atom. The van der Waals surface area contributed by atoms with Crippen molar-refractivity contribution >= 4 is 40.5 Å². The van der Waals surface area contributed by atoms with Gasteiger partial charge in [0.15, 0.2) is 0 Å². The zero-order valence-electron chi connectivity index (χ0n) is 10.5. The molecular formula is C15H14Cl3N. The third kappa shape index (κ3) is 3.56. The normalized spacial score (nSPS) is 10.5. The molecule has 0 unspecified atom stereocenters. The van der Waals surface area contributed by atoms with Gasteiger partial charge in [-0.05, 0) is 29.3 Å². The number of anilines is 1. The van der Waals surface area contributed by atoms with Crippen LogP contribution in [-0.4, -0.2) is 7.05 Å². The van der Waals surface area contributed by atoms with Crippen LogP contribution in [0.3, 0.4) is 0 Å². The summed E-state index contributed by atoms with van der Waals surface area (Å²) in [7, 11) is 1.99. The Labute approximate surface area is 128 Å². The van der Waals surface area contributed by atoms with Crippen molar-refractivity contribution in [3.63, 3.8) is 0 Å². The van der Waals surface area contributed by atoms with Gasteiger partial charge >= 0.3 is 0 Å². The van der Waals surface area contributed by atoms with Crippen molar-refractivity contribution in [3.8, 4) is 0 Å². The van der Waals surface area contributed by atoms with Crippen molar-refractivity contribution in [2.75, 3.05) is 11.9 Å². The van der Waals surface area contributed by atoms with E-state index in [2.05, 4.69) is 4.90 Å². The molecule has 0 atom stereocenters. The molecule has 0 aromatic heterocycles. The number of halogens is 3. The predicted molar refractivity (Wildman–Crippen MR) is 84.6 cm³/mol. The summed E-state index contributed by atoms with van der Waals surface area (Å²) < 4.78 is 0. The van der Waals surface area contributed by atoms with Crippen LogP contribution < -0.4 is 4.90 Å².